The van der Waals surface area contributed by atoms with E-state index in [1.54, 1.807) is 19.4 Å². The summed E-state index contributed by atoms with van der Waals surface area (Å²) < 4.78 is 20.6. The minimum absolute atomic E-state index is 0.245. The zero-order chi connectivity index (χ0) is 30.9. The van der Waals surface area contributed by atoms with Gasteiger partial charge in [0.2, 0.25) is 0 Å². The summed E-state index contributed by atoms with van der Waals surface area (Å²) in [7, 11) is -1.38. The highest BCUT2D eigenvalue weighted by Gasteiger charge is 2.43. The lowest BCUT2D eigenvalue weighted by atomic mass is 9.99. The summed E-state index contributed by atoms with van der Waals surface area (Å²) in [4.78, 5) is 3.33. The van der Waals surface area contributed by atoms with E-state index in [0.717, 1.165) is 27.3 Å². The Hall–Kier alpha value is -2.98. The Balaban J connectivity index is 0.00000237. The van der Waals surface area contributed by atoms with E-state index in [1.807, 2.05) is 97.6 Å². The molecule has 1 heterocycles. The third-order valence-electron chi connectivity index (χ3n) is 7.19. The Labute approximate surface area is 258 Å². The van der Waals surface area contributed by atoms with Crippen molar-refractivity contribution in [1.29, 1.82) is 0 Å². The number of aliphatic hydroxyl groups is 1. The van der Waals surface area contributed by atoms with Crippen LogP contribution in [-0.4, -0.2) is 39.9 Å². The molecule has 4 rings (SSSR count). The normalized spacial score (nSPS) is 19.5. The second-order valence-electron chi connectivity index (χ2n) is 9.54. The number of rotatable bonds is 11. The van der Waals surface area contributed by atoms with E-state index in [2.05, 4.69) is 30.8 Å². The fraction of sp³-hybridized carbons (Fsp3) is 0.294. The van der Waals surface area contributed by atoms with Crippen LogP contribution in [0.3, 0.4) is 0 Å². The summed E-state index contributed by atoms with van der Waals surface area (Å²) in [6, 6.07) is 25.9. The van der Waals surface area contributed by atoms with Gasteiger partial charge >= 0.3 is 0 Å². The van der Waals surface area contributed by atoms with Crippen molar-refractivity contribution in [3.63, 3.8) is 0 Å². The largest absolute Gasteiger partial charge is 0.404 e. The predicted molar refractivity (Wildman–Crippen MR) is 182 cm³/mol. The molecule has 6 nitrogen and oxygen atoms in total. The Bertz CT molecular complexity index is 1340. The van der Waals surface area contributed by atoms with E-state index in [1.165, 1.54) is 18.0 Å². The number of fused-ring (bicyclic) bond motifs is 1. The van der Waals surface area contributed by atoms with Gasteiger partial charge in [-0.05, 0) is 54.7 Å². The van der Waals surface area contributed by atoms with Crippen molar-refractivity contribution < 1.29 is 13.8 Å². The number of nitrogens with zero attached hydrogens (tertiary/aromatic N) is 2. The van der Waals surface area contributed by atoms with Gasteiger partial charge in [0.05, 0.1) is 18.0 Å². The first kappa shape index (κ1) is 33.5. The molecule has 1 aliphatic rings. The predicted octanol–water partition coefficient (Wildman–Crippen LogP) is 8.55. The number of hydrogen-bond donors (Lipinski definition) is 3. The van der Waals surface area contributed by atoms with E-state index < -0.39 is 16.5 Å². The van der Waals surface area contributed by atoms with E-state index in [0.29, 0.717) is 23.6 Å². The van der Waals surface area contributed by atoms with Gasteiger partial charge < -0.3 is 15.7 Å². The Kier molecular flexibility index (Phi) is 11.9. The summed E-state index contributed by atoms with van der Waals surface area (Å²) in [5, 5.41) is 13.4. The smallest absolute Gasteiger partial charge is 0.162 e. The number of anilines is 1. The monoisotopic (exact) mass is 607 g/mol. The molecule has 0 saturated carbocycles. The summed E-state index contributed by atoms with van der Waals surface area (Å²) in [5.74, 6) is 0. The molecule has 0 bridgehead atoms. The standard InChI is InChI=1S/C32H39N3O3S2.C2H6/c1-6-34-30-19-18-27(23-28(30)29(32(34,4)36)22-24(3)39-21-20-33)40(37,38-5)35(7-2)31(25-14-10-8-11-15-25)26-16-12-9-13-17-26;1-2/h8-23,31,36-37H,3,6-7,33H2,1-2,4-5H3;1-2H3/b21-20-,29-22+;. The van der Waals surface area contributed by atoms with Gasteiger partial charge in [-0.2, -0.15) is 4.31 Å². The quantitative estimate of drug-likeness (QED) is 0.201. The number of nitrogens with two attached hydrogens (primary N) is 1. The van der Waals surface area contributed by atoms with E-state index in [-0.39, 0.29) is 6.04 Å². The molecular weight excluding hydrogens is 563 g/mol. The second kappa shape index (κ2) is 15.0. The van der Waals surface area contributed by atoms with E-state index >= 15 is 0 Å². The average Bonchev–Trinajstić information content (AvgIpc) is 3.24. The second-order valence-corrected chi connectivity index (χ2v) is 12.8. The Morgan fingerprint density at radius 3 is 2.12 bits per heavy atom. The first-order chi connectivity index (χ1) is 20.2. The number of hydrogen-bond acceptors (Lipinski definition) is 7. The van der Waals surface area contributed by atoms with Gasteiger partial charge in [0.1, 0.15) is 0 Å². The summed E-state index contributed by atoms with van der Waals surface area (Å²) in [6.07, 6.45) is 3.35. The maximum absolute atomic E-state index is 12.5. The maximum Gasteiger partial charge on any atom is 0.162 e. The summed E-state index contributed by atoms with van der Waals surface area (Å²) in [6.45, 7) is 15.1. The Morgan fingerprint density at radius 2 is 1.64 bits per heavy atom. The molecule has 0 fully saturated rings. The van der Waals surface area contributed by atoms with Crippen LogP contribution >= 0.6 is 22.5 Å². The van der Waals surface area contributed by atoms with Crippen LogP contribution in [0.4, 0.5) is 5.69 Å². The molecule has 0 radical (unpaired) electrons. The lowest BCUT2D eigenvalue weighted by Gasteiger charge is -2.49. The fourth-order valence-electron chi connectivity index (χ4n) is 5.40. The van der Waals surface area contributed by atoms with Crippen LogP contribution in [0, 0.1) is 0 Å². The molecule has 0 amide bonds. The lowest BCUT2D eigenvalue weighted by molar-refractivity contribution is 0.124. The van der Waals surface area contributed by atoms with Crippen molar-refractivity contribution >= 4 is 33.8 Å². The van der Waals surface area contributed by atoms with Crippen LogP contribution in [-0.2, 0) is 4.18 Å². The van der Waals surface area contributed by atoms with Crippen molar-refractivity contribution in [2.24, 2.45) is 5.73 Å². The average molecular weight is 608 g/mol. The van der Waals surface area contributed by atoms with Gasteiger partial charge in [-0.3, -0.25) is 8.74 Å². The van der Waals surface area contributed by atoms with Crippen molar-refractivity contribution in [1.82, 2.24) is 4.31 Å². The van der Waals surface area contributed by atoms with E-state index in [4.69, 9.17) is 9.92 Å². The third-order valence-corrected chi connectivity index (χ3v) is 10.3. The van der Waals surface area contributed by atoms with Crippen molar-refractivity contribution in [2.75, 3.05) is 25.1 Å². The molecule has 1 aliphatic heterocycles. The zero-order valence-electron chi connectivity index (χ0n) is 25.5. The molecule has 2 atom stereocenters. The zero-order valence-corrected chi connectivity index (χ0v) is 27.2. The number of allylic oxidation sites excluding steroid dienone is 1. The minimum atomic E-state index is -2.94. The van der Waals surface area contributed by atoms with Crippen LogP contribution in [0.1, 0.15) is 57.4 Å². The van der Waals surface area contributed by atoms with Crippen LogP contribution in [0.2, 0.25) is 0 Å². The van der Waals surface area contributed by atoms with Gasteiger partial charge in [0.15, 0.2) is 5.72 Å². The number of benzene rings is 3. The maximum atomic E-state index is 12.5. The molecule has 2 unspecified atom stereocenters. The first-order valence-corrected chi connectivity index (χ1v) is 16.6. The molecule has 3 aromatic rings. The van der Waals surface area contributed by atoms with Gasteiger partial charge in [0.25, 0.3) is 0 Å². The molecule has 0 spiro atoms. The van der Waals surface area contributed by atoms with Crippen molar-refractivity contribution in [3.05, 3.63) is 125 Å². The van der Waals surface area contributed by atoms with Gasteiger partial charge in [0, 0.05) is 41.0 Å². The number of likely N-dealkylation sites (N-methyl/N-ethyl adjacent to an activating group) is 1. The highest BCUT2D eigenvalue weighted by atomic mass is 32.3. The minimum Gasteiger partial charge on any atom is -0.404 e. The van der Waals surface area contributed by atoms with Gasteiger partial charge in [-0.1, -0.05) is 99.8 Å². The molecule has 4 N–H and O–H groups in total. The van der Waals surface area contributed by atoms with Crippen LogP contribution in [0.25, 0.3) is 5.57 Å². The first-order valence-electron chi connectivity index (χ1n) is 14.3. The van der Waals surface area contributed by atoms with Crippen LogP contribution < -0.4 is 10.6 Å². The highest BCUT2D eigenvalue weighted by Crippen LogP contribution is 2.61. The molecular formula is C34H45N3O3S2. The van der Waals surface area contributed by atoms with Crippen molar-refractivity contribution in [3.8, 4) is 0 Å². The third kappa shape index (κ3) is 6.64. The molecule has 226 valence electrons. The summed E-state index contributed by atoms with van der Waals surface area (Å²) >= 11 is 1.39. The van der Waals surface area contributed by atoms with Crippen LogP contribution in [0.5, 0.6) is 0 Å². The van der Waals surface area contributed by atoms with E-state index in [9.17, 15) is 9.66 Å². The highest BCUT2D eigenvalue weighted by molar-refractivity contribution is 8.23. The molecule has 42 heavy (non-hydrogen) atoms. The van der Waals surface area contributed by atoms with Crippen LogP contribution in [0.15, 0.2) is 113 Å². The molecule has 0 aromatic heterocycles. The number of thioether (sulfide) groups is 1. The lowest BCUT2D eigenvalue weighted by Crippen LogP contribution is -2.43. The molecule has 0 saturated heterocycles. The SMILES string of the molecule is C=C(/C=C1\c2cc(S(O)(OC)N(CC)C(c3ccccc3)c3ccccc3)ccc2N(CC)C1(C)O)S/C=C\N.CC. The molecule has 8 heteroatoms. The van der Waals surface area contributed by atoms with Crippen molar-refractivity contribution in [2.45, 2.75) is 51.3 Å². The Morgan fingerprint density at radius 1 is 1.07 bits per heavy atom. The molecule has 3 aromatic carbocycles. The molecule has 0 aliphatic carbocycles. The topological polar surface area (TPSA) is 82.2 Å². The summed E-state index contributed by atoms with van der Waals surface area (Å²) in [5.41, 5.74) is 8.81. The van der Waals surface area contributed by atoms with Gasteiger partial charge in [-0.15, -0.1) is 10.8 Å². The fourth-order valence-corrected chi connectivity index (χ4v) is 7.89. The van der Waals surface area contributed by atoms with Gasteiger partial charge in [-0.25, -0.2) is 0 Å².